The predicted octanol–water partition coefficient (Wildman–Crippen LogP) is 1.13. The Morgan fingerprint density at radius 2 is 2.12 bits per heavy atom. The van der Waals surface area contributed by atoms with Gasteiger partial charge >= 0.3 is 5.69 Å². The molecule has 0 saturated carbocycles. The van der Waals surface area contributed by atoms with E-state index in [1.54, 1.807) is 19.3 Å². The van der Waals surface area contributed by atoms with Crippen LogP contribution in [0.5, 0.6) is 0 Å². The van der Waals surface area contributed by atoms with Crippen LogP contribution >= 0.6 is 0 Å². The normalized spacial score (nSPS) is 10.4. The number of rotatable bonds is 3. The van der Waals surface area contributed by atoms with Crippen LogP contribution in [-0.4, -0.2) is 19.7 Å². The number of hydrogen-bond acceptors (Lipinski definition) is 5. The number of aromatic nitrogens is 3. The number of hydrogen-bond donors (Lipinski definition) is 1. The molecule has 0 aliphatic heterocycles. The Hall–Kier alpha value is -2.44. The molecule has 2 heterocycles. The molecule has 0 aromatic carbocycles. The molecule has 88 valence electrons. The highest BCUT2D eigenvalue weighted by Crippen LogP contribution is 2.25. The van der Waals surface area contributed by atoms with Crippen molar-refractivity contribution in [3.8, 4) is 0 Å². The van der Waals surface area contributed by atoms with Crippen molar-refractivity contribution in [2.45, 2.75) is 13.5 Å². The molecule has 7 heteroatoms. The van der Waals surface area contributed by atoms with Gasteiger partial charge in [0.05, 0.1) is 11.5 Å². The van der Waals surface area contributed by atoms with E-state index >= 15 is 0 Å². The maximum absolute atomic E-state index is 10.8. The average molecular weight is 233 g/mol. The fourth-order valence-electron chi connectivity index (χ4n) is 1.60. The largest absolute Gasteiger partial charge is 0.378 e. The molecular formula is C10H11N5O2. The molecule has 2 aromatic heterocycles. The second-order valence-electron chi connectivity index (χ2n) is 3.59. The smallest absolute Gasteiger partial charge is 0.333 e. The quantitative estimate of drug-likeness (QED) is 0.632. The number of aryl methyl sites for hydroxylation is 1. The molecule has 2 aromatic rings. The summed E-state index contributed by atoms with van der Waals surface area (Å²) in [6.07, 6.45) is 3.30. The first-order valence-corrected chi connectivity index (χ1v) is 4.95. The fourth-order valence-corrected chi connectivity index (χ4v) is 1.60. The van der Waals surface area contributed by atoms with Gasteiger partial charge in [0.15, 0.2) is 0 Å². The Kier molecular flexibility index (Phi) is 2.73. The zero-order valence-electron chi connectivity index (χ0n) is 9.20. The van der Waals surface area contributed by atoms with Crippen molar-refractivity contribution in [3.63, 3.8) is 0 Å². The van der Waals surface area contributed by atoms with Crippen molar-refractivity contribution in [1.82, 2.24) is 14.8 Å². The summed E-state index contributed by atoms with van der Waals surface area (Å²) in [5.41, 5.74) is 6.83. The number of nitrogens with zero attached hydrogens (tertiary/aromatic N) is 4. The van der Waals surface area contributed by atoms with Crippen LogP contribution < -0.4 is 5.73 Å². The molecule has 17 heavy (non-hydrogen) atoms. The lowest BCUT2D eigenvalue weighted by atomic mass is 10.3. The molecule has 0 aliphatic rings. The van der Waals surface area contributed by atoms with Crippen LogP contribution in [-0.2, 0) is 6.54 Å². The molecule has 7 nitrogen and oxygen atoms in total. The first-order valence-electron chi connectivity index (χ1n) is 4.95. The summed E-state index contributed by atoms with van der Waals surface area (Å²) in [7, 11) is 0. The zero-order chi connectivity index (χ0) is 12.4. The number of anilines is 1. The molecule has 2 N–H and O–H groups in total. The molecule has 0 bridgehead atoms. The maximum atomic E-state index is 10.8. The van der Waals surface area contributed by atoms with Crippen molar-refractivity contribution in [1.29, 1.82) is 0 Å². The van der Waals surface area contributed by atoms with E-state index in [1.165, 1.54) is 4.68 Å². The van der Waals surface area contributed by atoms with Gasteiger partial charge in [-0.1, -0.05) is 0 Å². The van der Waals surface area contributed by atoms with E-state index in [-0.39, 0.29) is 11.5 Å². The van der Waals surface area contributed by atoms with E-state index in [1.807, 2.05) is 12.1 Å². The van der Waals surface area contributed by atoms with Crippen LogP contribution in [0.25, 0.3) is 0 Å². The Balaban J connectivity index is 2.35. The van der Waals surface area contributed by atoms with Gasteiger partial charge in [-0.2, -0.15) is 5.10 Å². The topological polar surface area (TPSA) is 99.9 Å². The zero-order valence-corrected chi connectivity index (χ0v) is 9.20. The van der Waals surface area contributed by atoms with Crippen LogP contribution in [0.1, 0.15) is 11.3 Å². The van der Waals surface area contributed by atoms with Crippen molar-refractivity contribution < 1.29 is 4.92 Å². The van der Waals surface area contributed by atoms with E-state index in [2.05, 4.69) is 10.1 Å². The van der Waals surface area contributed by atoms with Crippen molar-refractivity contribution >= 4 is 11.5 Å². The van der Waals surface area contributed by atoms with Crippen LogP contribution in [0.3, 0.4) is 0 Å². The van der Waals surface area contributed by atoms with Crippen LogP contribution in [0.15, 0.2) is 24.5 Å². The van der Waals surface area contributed by atoms with Crippen LogP contribution in [0.2, 0.25) is 0 Å². The third-order valence-electron chi connectivity index (χ3n) is 2.40. The standard InChI is InChI=1S/C10H11N5O2/c1-7-9(15(16)17)10(11)14(13-7)6-8-2-4-12-5-3-8/h2-5H,6,11H2,1H3. The van der Waals surface area contributed by atoms with Gasteiger partial charge in [0.2, 0.25) is 5.82 Å². The lowest BCUT2D eigenvalue weighted by Crippen LogP contribution is -2.06. The molecule has 0 spiro atoms. The summed E-state index contributed by atoms with van der Waals surface area (Å²) in [5, 5.41) is 14.8. The summed E-state index contributed by atoms with van der Waals surface area (Å²) in [5.74, 6) is 0.0734. The van der Waals surface area contributed by atoms with E-state index in [4.69, 9.17) is 5.73 Å². The molecule has 0 atom stereocenters. The molecule has 0 radical (unpaired) electrons. The average Bonchev–Trinajstić information content (AvgIpc) is 2.55. The Morgan fingerprint density at radius 3 is 2.65 bits per heavy atom. The number of nitrogens with two attached hydrogens (primary N) is 1. The number of nitrogen functional groups attached to an aromatic ring is 1. The van der Waals surface area contributed by atoms with Gasteiger partial charge in [-0.05, 0) is 24.6 Å². The fraction of sp³-hybridized carbons (Fsp3) is 0.200. The Morgan fingerprint density at radius 1 is 1.47 bits per heavy atom. The van der Waals surface area contributed by atoms with E-state index in [9.17, 15) is 10.1 Å². The van der Waals surface area contributed by atoms with Crippen LogP contribution in [0, 0.1) is 17.0 Å². The highest BCUT2D eigenvalue weighted by atomic mass is 16.6. The monoisotopic (exact) mass is 233 g/mol. The maximum Gasteiger partial charge on any atom is 0.333 e. The highest BCUT2D eigenvalue weighted by Gasteiger charge is 2.22. The van der Waals surface area contributed by atoms with Gasteiger partial charge in [0, 0.05) is 12.4 Å². The van der Waals surface area contributed by atoms with Crippen molar-refractivity contribution in [3.05, 3.63) is 45.9 Å². The Labute approximate surface area is 97.0 Å². The van der Waals surface area contributed by atoms with E-state index < -0.39 is 4.92 Å². The van der Waals surface area contributed by atoms with E-state index in [0.717, 1.165) is 5.56 Å². The Bertz CT molecular complexity index is 549. The summed E-state index contributed by atoms with van der Waals surface area (Å²) in [6.45, 7) is 1.96. The van der Waals surface area contributed by atoms with Gasteiger partial charge in [-0.25, -0.2) is 4.68 Å². The van der Waals surface area contributed by atoms with Crippen molar-refractivity contribution in [2.75, 3.05) is 5.73 Å². The van der Waals surface area contributed by atoms with Gasteiger partial charge in [0.25, 0.3) is 0 Å². The van der Waals surface area contributed by atoms with Gasteiger partial charge in [0.1, 0.15) is 5.69 Å². The number of pyridine rings is 1. The third-order valence-corrected chi connectivity index (χ3v) is 2.40. The van der Waals surface area contributed by atoms with Crippen LogP contribution in [0.4, 0.5) is 11.5 Å². The first kappa shape index (κ1) is 11.1. The van der Waals surface area contributed by atoms with E-state index in [0.29, 0.717) is 12.2 Å². The minimum Gasteiger partial charge on any atom is -0.378 e. The predicted molar refractivity (Wildman–Crippen MR) is 61.4 cm³/mol. The molecule has 0 aliphatic carbocycles. The first-order chi connectivity index (χ1) is 8.09. The third kappa shape index (κ3) is 2.07. The lowest BCUT2D eigenvalue weighted by molar-refractivity contribution is -0.384. The van der Waals surface area contributed by atoms with Crippen molar-refractivity contribution in [2.24, 2.45) is 0 Å². The molecule has 2 rings (SSSR count). The SMILES string of the molecule is Cc1nn(Cc2ccncc2)c(N)c1[N+](=O)[O-]. The summed E-state index contributed by atoms with van der Waals surface area (Å²) in [4.78, 5) is 14.1. The number of nitro groups is 1. The van der Waals surface area contributed by atoms with Gasteiger partial charge in [-0.15, -0.1) is 0 Å². The molecule has 0 unspecified atom stereocenters. The minimum absolute atomic E-state index is 0.0734. The summed E-state index contributed by atoms with van der Waals surface area (Å²) >= 11 is 0. The highest BCUT2D eigenvalue weighted by molar-refractivity contribution is 5.56. The second kappa shape index (κ2) is 4.20. The summed E-state index contributed by atoms with van der Waals surface area (Å²) < 4.78 is 1.42. The van der Waals surface area contributed by atoms with Gasteiger partial charge in [-0.3, -0.25) is 15.1 Å². The molecule has 0 amide bonds. The molecular weight excluding hydrogens is 222 g/mol. The molecule has 0 fully saturated rings. The molecule has 0 saturated heterocycles. The van der Waals surface area contributed by atoms with Gasteiger partial charge < -0.3 is 5.73 Å². The second-order valence-corrected chi connectivity index (χ2v) is 3.59. The summed E-state index contributed by atoms with van der Waals surface area (Å²) in [6, 6.07) is 3.62. The minimum atomic E-state index is -0.513. The lowest BCUT2D eigenvalue weighted by Gasteiger charge is -2.02.